The Hall–Kier alpha value is -3.70. The summed E-state index contributed by atoms with van der Waals surface area (Å²) in [4.78, 5) is 28.8. The van der Waals surface area contributed by atoms with Gasteiger partial charge in [0.05, 0.1) is 6.54 Å². The van der Waals surface area contributed by atoms with Gasteiger partial charge in [0.25, 0.3) is 0 Å². The van der Waals surface area contributed by atoms with Crippen molar-refractivity contribution < 1.29 is 23.8 Å². The molecule has 0 aliphatic carbocycles. The number of aromatic nitrogens is 1. The lowest BCUT2D eigenvalue weighted by Gasteiger charge is -2.16. The monoisotopic (exact) mass is 625 g/mol. The smallest absolute Gasteiger partial charge is 0.326 e. The van der Waals surface area contributed by atoms with Gasteiger partial charge < -0.3 is 24.9 Å². The minimum absolute atomic E-state index is 0.178. The highest BCUT2D eigenvalue weighted by Crippen LogP contribution is 2.16. The molecule has 4 aromatic rings. The molecule has 0 amide bonds. The van der Waals surface area contributed by atoms with Gasteiger partial charge in [-0.25, -0.2) is 9.78 Å². The fourth-order valence-corrected chi connectivity index (χ4v) is 4.37. The van der Waals surface area contributed by atoms with E-state index in [0.717, 1.165) is 20.2 Å². The van der Waals surface area contributed by atoms with Gasteiger partial charge in [-0.15, -0.1) is 0 Å². The first-order chi connectivity index (χ1) is 18.4. The third-order valence-corrected chi connectivity index (χ3v) is 6.35. The summed E-state index contributed by atoms with van der Waals surface area (Å²) < 4.78 is 12.4. The predicted octanol–water partition coefficient (Wildman–Crippen LogP) is 4.97. The number of ketones is 1. The van der Waals surface area contributed by atoms with Gasteiger partial charge in [-0.05, 0) is 71.5 Å². The summed E-state index contributed by atoms with van der Waals surface area (Å²) >= 11 is 2.15. The maximum absolute atomic E-state index is 12.5. The van der Waals surface area contributed by atoms with Crippen molar-refractivity contribution in [2.75, 3.05) is 13.2 Å². The predicted molar refractivity (Wildman–Crippen MR) is 153 cm³/mol. The average molecular weight is 625 g/mol. The molecule has 1 atom stereocenters. The van der Waals surface area contributed by atoms with Crippen LogP contribution in [0.2, 0.25) is 0 Å². The first kappa shape index (κ1) is 27.3. The summed E-state index contributed by atoms with van der Waals surface area (Å²) in [6.07, 6.45) is 1.68. The Morgan fingerprint density at radius 2 is 1.89 bits per heavy atom. The zero-order chi connectivity index (χ0) is 26.9. The van der Waals surface area contributed by atoms with Gasteiger partial charge >= 0.3 is 5.97 Å². The van der Waals surface area contributed by atoms with Crippen LogP contribution < -0.4 is 15.4 Å². The van der Waals surface area contributed by atoms with E-state index in [4.69, 9.17) is 9.15 Å². The van der Waals surface area contributed by atoms with Crippen LogP contribution in [0.1, 0.15) is 28.7 Å². The zero-order valence-corrected chi connectivity index (χ0v) is 23.0. The molecule has 1 aromatic heterocycles. The number of carboxylic acid groups (broad SMARTS) is 1. The number of nitrogens with one attached hydrogen (secondary N) is 2. The largest absolute Gasteiger partial charge is 0.492 e. The van der Waals surface area contributed by atoms with Crippen molar-refractivity contribution in [3.63, 3.8) is 0 Å². The van der Waals surface area contributed by atoms with E-state index in [-0.39, 0.29) is 12.2 Å². The van der Waals surface area contributed by atoms with Crippen molar-refractivity contribution in [2.45, 2.75) is 25.9 Å². The summed E-state index contributed by atoms with van der Waals surface area (Å²) in [5.74, 6) is 0.144. The SMILES string of the molecule is C/C(=C/C(=O)c1cccc(I)c1)NC(Cc1ccc(OCCNCc2nc3ccccc3o2)cc1)C(=O)O. The molecule has 0 fully saturated rings. The Labute approximate surface area is 234 Å². The molecule has 0 aliphatic heterocycles. The van der Waals surface area contributed by atoms with Crippen molar-refractivity contribution in [1.29, 1.82) is 0 Å². The lowest BCUT2D eigenvalue weighted by atomic mass is 10.1. The number of carboxylic acids is 1. The van der Waals surface area contributed by atoms with Gasteiger partial charge in [-0.3, -0.25) is 4.79 Å². The lowest BCUT2D eigenvalue weighted by Crippen LogP contribution is -2.37. The highest BCUT2D eigenvalue weighted by molar-refractivity contribution is 14.1. The van der Waals surface area contributed by atoms with Gasteiger partial charge in [-0.1, -0.05) is 36.4 Å². The number of hydrogen-bond donors (Lipinski definition) is 3. The molecule has 0 spiro atoms. The second-order valence-corrected chi connectivity index (χ2v) is 9.93. The highest BCUT2D eigenvalue weighted by atomic mass is 127. The van der Waals surface area contributed by atoms with Crippen molar-refractivity contribution in [3.8, 4) is 5.75 Å². The van der Waals surface area contributed by atoms with Crippen LogP contribution in [0.15, 0.2) is 89.0 Å². The standard InChI is InChI=1S/C29H28IN3O5/c1-19(15-26(34)21-5-4-6-22(30)17-21)32-25(29(35)36)16-20-9-11-23(12-10-20)37-14-13-31-18-28-33-24-7-2-3-8-27(24)38-28/h2-12,15,17,25,31-32H,13-14,16,18H2,1H3,(H,35,36)/b19-15-. The number of fused-ring (bicyclic) bond motifs is 1. The molecule has 0 saturated carbocycles. The number of nitrogens with zero attached hydrogens (tertiary/aromatic N) is 1. The van der Waals surface area contributed by atoms with Crippen LogP contribution >= 0.6 is 22.6 Å². The molecule has 1 unspecified atom stereocenters. The summed E-state index contributed by atoms with van der Waals surface area (Å²) in [5, 5.41) is 15.9. The molecule has 0 saturated heterocycles. The molecule has 9 heteroatoms. The maximum atomic E-state index is 12.5. The molecule has 0 bridgehead atoms. The third-order valence-electron chi connectivity index (χ3n) is 5.68. The van der Waals surface area contributed by atoms with Gasteiger partial charge in [-0.2, -0.15) is 0 Å². The summed E-state index contributed by atoms with van der Waals surface area (Å²) in [7, 11) is 0. The van der Waals surface area contributed by atoms with Gasteiger partial charge in [0, 0.05) is 33.9 Å². The fourth-order valence-electron chi connectivity index (χ4n) is 3.83. The minimum Gasteiger partial charge on any atom is -0.492 e. The number of para-hydroxylation sites is 2. The molecular weight excluding hydrogens is 597 g/mol. The van der Waals surface area contributed by atoms with E-state index in [9.17, 15) is 14.7 Å². The maximum Gasteiger partial charge on any atom is 0.326 e. The van der Waals surface area contributed by atoms with Crippen LogP contribution in [-0.2, 0) is 17.8 Å². The number of halogens is 1. The molecule has 4 rings (SSSR count). The quantitative estimate of drug-likeness (QED) is 0.0827. The Bertz CT molecular complexity index is 1400. The van der Waals surface area contributed by atoms with E-state index in [1.54, 1.807) is 19.1 Å². The van der Waals surface area contributed by atoms with E-state index in [0.29, 0.717) is 42.6 Å². The van der Waals surface area contributed by atoms with E-state index in [2.05, 4.69) is 38.2 Å². The van der Waals surface area contributed by atoms with Crippen molar-refractivity contribution >= 4 is 45.4 Å². The number of benzene rings is 3. The van der Waals surface area contributed by atoms with Crippen molar-refractivity contribution in [3.05, 3.63) is 105 Å². The molecule has 38 heavy (non-hydrogen) atoms. The molecule has 196 valence electrons. The summed E-state index contributed by atoms with van der Waals surface area (Å²) in [6, 6.07) is 21.3. The van der Waals surface area contributed by atoms with Crippen LogP contribution in [0.5, 0.6) is 5.75 Å². The molecule has 0 radical (unpaired) electrons. The Morgan fingerprint density at radius 3 is 2.63 bits per heavy atom. The first-order valence-corrected chi connectivity index (χ1v) is 13.2. The number of hydrogen-bond acceptors (Lipinski definition) is 7. The summed E-state index contributed by atoms with van der Waals surface area (Å²) in [5.41, 5.74) is 3.49. The number of carbonyl (C=O) groups is 2. The van der Waals surface area contributed by atoms with E-state index >= 15 is 0 Å². The number of rotatable bonds is 13. The molecular formula is C29H28IN3O5. The number of oxazole rings is 1. The van der Waals surface area contributed by atoms with Gasteiger partial charge in [0.15, 0.2) is 11.4 Å². The normalized spacial score (nSPS) is 12.3. The number of ether oxygens (including phenoxy) is 1. The highest BCUT2D eigenvalue weighted by Gasteiger charge is 2.18. The molecule has 0 aliphatic rings. The second-order valence-electron chi connectivity index (χ2n) is 8.69. The van der Waals surface area contributed by atoms with Crippen LogP contribution in [-0.4, -0.2) is 41.0 Å². The van der Waals surface area contributed by atoms with Crippen LogP contribution in [0.3, 0.4) is 0 Å². The van der Waals surface area contributed by atoms with Crippen LogP contribution in [0.25, 0.3) is 11.1 Å². The number of aliphatic carboxylic acids is 1. The van der Waals surface area contributed by atoms with Crippen LogP contribution in [0, 0.1) is 3.57 Å². The van der Waals surface area contributed by atoms with E-state index < -0.39 is 12.0 Å². The third kappa shape index (κ3) is 7.90. The van der Waals surface area contributed by atoms with E-state index in [1.165, 1.54) is 6.08 Å². The first-order valence-electron chi connectivity index (χ1n) is 12.1. The number of carbonyl (C=O) groups excluding carboxylic acids is 1. The average Bonchev–Trinajstić information content (AvgIpc) is 3.32. The zero-order valence-electron chi connectivity index (χ0n) is 20.8. The summed E-state index contributed by atoms with van der Waals surface area (Å²) in [6.45, 7) is 3.26. The minimum atomic E-state index is -0.996. The van der Waals surface area contributed by atoms with Crippen molar-refractivity contribution in [2.24, 2.45) is 0 Å². The Kier molecular flexibility index (Phi) is 9.50. The molecule has 1 heterocycles. The van der Waals surface area contributed by atoms with Crippen LogP contribution in [0.4, 0.5) is 0 Å². The second kappa shape index (κ2) is 13.2. The van der Waals surface area contributed by atoms with E-state index in [1.807, 2.05) is 60.7 Å². The Morgan fingerprint density at radius 1 is 1.11 bits per heavy atom. The van der Waals surface area contributed by atoms with Crippen molar-refractivity contribution in [1.82, 2.24) is 15.6 Å². The lowest BCUT2D eigenvalue weighted by molar-refractivity contribution is -0.139. The molecule has 3 aromatic carbocycles. The topological polar surface area (TPSA) is 114 Å². The van der Waals surface area contributed by atoms with Gasteiger partial charge in [0.2, 0.25) is 5.89 Å². The molecule has 8 nitrogen and oxygen atoms in total. The fraction of sp³-hybridized carbons (Fsp3) is 0.207. The van der Waals surface area contributed by atoms with Gasteiger partial charge in [0.1, 0.15) is 23.9 Å². The Balaban J connectivity index is 1.23. The number of allylic oxidation sites excluding steroid dienone is 2. The molecule has 3 N–H and O–H groups in total.